The summed E-state index contributed by atoms with van der Waals surface area (Å²) in [5.74, 6) is -1.71. The molecule has 8 heteroatoms. The van der Waals surface area contributed by atoms with Crippen molar-refractivity contribution in [1.82, 2.24) is 5.32 Å². The molecule has 1 rings (SSSR count). The van der Waals surface area contributed by atoms with Gasteiger partial charge in [-0.25, -0.2) is 4.39 Å². The van der Waals surface area contributed by atoms with Crippen LogP contribution in [0.15, 0.2) is 12.1 Å². The minimum absolute atomic E-state index is 0.0669. The highest BCUT2D eigenvalue weighted by molar-refractivity contribution is 6.01. The second kappa shape index (κ2) is 5.41. The number of amides is 1. The van der Waals surface area contributed by atoms with Gasteiger partial charge in [-0.15, -0.1) is 0 Å². The molecule has 0 saturated heterocycles. The Hall–Kier alpha value is -2.22. The van der Waals surface area contributed by atoms with Crippen molar-refractivity contribution in [2.24, 2.45) is 0 Å². The van der Waals surface area contributed by atoms with Gasteiger partial charge >= 0.3 is 0 Å². The molecule has 0 heterocycles. The van der Waals surface area contributed by atoms with Crippen LogP contribution in [-0.4, -0.2) is 28.6 Å². The molecule has 0 fully saturated rings. The molecule has 0 aliphatic rings. The number of nitrogens with one attached hydrogen (secondary N) is 1. The quantitative estimate of drug-likeness (QED) is 0.410. The molecule has 0 aliphatic heterocycles. The van der Waals surface area contributed by atoms with Crippen molar-refractivity contribution in [3.63, 3.8) is 0 Å². The van der Waals surface area contributed by atoms with Gasteiger partial charge < -0.3 is 16.2 Å². The number of aliphatic hydroxyl groups excluding tert-OH is 1. The van der Waals surface area contributed by atoms with Gasteiger partial charge in [-0.3, -0.25) is 14.9 Å². The standard InChI is InChI=1S/C10H12FN3O4/c1-5(15)4-13-10(16)7-2-6(11)3-8(9(7)12)14(17)18/h2-3,5,15H,4,12H2,1H3,(H,13,16). The van der Waals surface area contributed by atoms with E-state index in [0.29, 0.717) is 6.07 Å². The molecule has 4 N–H and O–H groups in total. The summed E-state index contributed by atoms with van der Waals surface area (Å²) in [7, 11) is 0. The summed E-state index contributed by atoms with van der Waals surface area (Å²) in [5.41, 5.74) is 4.02. The van der Waals surface area contributed by atoms with Crippen molar-refractivity contribution in [2.45, 2.75) is 13.0 Å². The van der Waals surface area contributed by atoms with Crippen LogP contribution in [0.1, 0.15) is 17.3 Å². The summed E-state index contributed by atoms with van der Waals surface area (Å²) in [6, 6.07) is 1.44. The average Bonchev–Trinajstić information content (AvgIpc) is 2.28. The van der Waals surface area contributed by atoms with Crippen molar-refractivity contribution in [1.29, 1.82) is 0 Å². The van der Waals surface area contributed by atoms with Crippen molar-refractivity contribution in [3.8, 4) is 0 Å². The first-order valence-electron chi connectivity index (χ1n) is 5.02. The van der Waals surface area contributed by atoms with Gasteiger partial charge in [0.1, 0.15) is 11.5 Å². The Balaban J connectivity index is 3.09. The highest BCUT2D eigenvalue weighted by Gasteiger charge is 2.21. The van der Waals surface area contributed by atoms with E-state index in [0.717, 1.165) is 6.07 Å². The van der Waals surface area contributed by atoms with Gasteiger partial charge in [-0.05, 0) is 13.0 Å². The zero-order valence-corrected chi connectivity index (χ0v) is 9.51. The summed E-state index contributed by atoms with van der Waals surface area (Å²) in [6.45, 7) is 1.38. The predicted molar refractivity (Wildman–Crippen MR) is 61.5 cm³/mol. The fourth-order valence-electron chi connectivity index (χ4n) is 1.28. The third-order valence-corrected chi connectivity index (χ3v) is 2.12. The van der Waals surface area contributed by atoms with Crippen LogP contribution in [0, 0.1) is 15.9 Å². The maximum atomic E-state index is 13.1. The van der Waals surface area contributed by atoms with E-state index in [1.54, 1.807) is 0 Å². The Morgan fingerprint density at radius 2 is 2.28 bits per heavy atom. The number of carbonyl (C=O) groups is 1. The molecule has 18 heavy (non-hydrogen) atoms. The molecule has 1 aromatic carbocycles. The topological polar surface area (TPSA) is 118 Å². The number of carbonyl (C=O) groups excluding carboxylic acids is 1. The molecule has 0 saturated carbocycles. The number of nitrogens with zero attached hydrogens (tertiary/aromatic N) is 1. The molecule has 0 aromatic heterocycles. The number of rotatable bonds is 4. The highest BCUT2D eigenvalue weighted by Crippen LogP contribution is 2.26. The van der Waals surface area contributed by atoms with Crippen LogP contribution in [0.3, 0.4) is 0 Å². The van der Waals surface area contributed by atoms with Crippen LogP contribution < -0.4 is 11.1 Å². The van der Waals surface area contributed by atoms with Crippen molar-refractivity contribution in [2.75, 3.05) is 12.3 Å². The molecule has 1 amide bonds. The average molecular weight is 257 g/mol. The number of aliphatic hydroxyl groups is 1. The monoisotopic (exact) mass is 257 g/mol. The third-order valence-electron chi connectivity index (χ3n) is 2.12. The van der Waals surface area contributed by atoms with Gasteiger partial charge in [0.25, 0.3) is 11.6 Å². The SMILES string of the molecule is CC(O)CNC(=O)c1cc(F)cc([N+](=O)[O-])c1N. The summed E-state index contributed by atoms with van der Waals surface area (Å²) in [4.78, 5) is 21.3. The van der Waals surface area contributed by atoms with E-state index in [1.165, 1.54) is 6.92 Å². The lowest BCUT2D eigenvalue weighted by Gasteiger charge is -2.09. The van der Waals surface area contributed by atoms with Crippen LogP contribution in [-0.2, 0) is 0 Å². The van der Waals surface area contributed by atoms with Crippen LogP contribution in [0.4, 0.5) is 15.8 Å². The first-order valence-corrected chi connectivity index (χ1v) is 5.02. The fourth-order valence-corrected chi connectivity index (χ4v) is 1.28. The van der Waals surface area contributed by atoms with Crippen molar-refractivity contribution < 1.29 is 19.2 Å². The molecule has 0 aliphatic carbocycles. The molecule has 7 nitrogen and oxygen atoms in total. The van der Waals surface area contributed by atoms with E-state index in [4.69, 9.17) is 10.8 Å². The predicted octanol–water partition coefficient (Wildman–Crippen LogP) is 0.427. The van der Waals surface area contributed by atoms with Crippen molar-refractivity contribution in [3.05, 3.63) is 33.6 Å². The van der Waals surface area contributed by atoms with Gasteiger partial charge in [0, 0.05) is 6.54 Å². The smallest absolute Gasteiger partial charge is 0.295 e. The Morgan fingerprint density at radius 1 is 1.67 bits per heavy atom. The van der Waals surface area contributed by atoms with E-state index in [9.17, 15) is 19.3 Å². The lowest BCUT2D eigenvalue weighted by molar-refractivity contribution is -0.384. The Bertz CT molecular complexity index is 490. The number of benzene rings is 1. The Morgan fingerprint density at radius 3 is 2.78 bits per heavy atom. The molecule has 1 unspecified atom stereocenters. The molecule has 1 atom stereocenters. The molecule has 0 spiro atoms. The molecule has 0 bridgehead atoms. The van der Waals surface area contributed by atoms with Gasteiger partial charge in [-0.2, -0.15) is 0 Å². The number of nitro benzene ring substituents is 1. The second-order valence-electron chi connectivity index (χ2n) is 3.70. The normalized spacial score (nSPS) is 11.9. The maximum absolute atomic E-state index is 13.1. The third kappa shape index (κ3) is 3.14. The van der Waals surface area contributed by atoms with Crippen LogP contribution >= 0.6 is 0 Å². The van der Waals surface area contributed by atoms with Crippen molar-refractivity contribution >= 4 is 17.3 Å². The van der Waals surface area contributed by atoms with E-state index < -0.39 is 34.1 Å². The number of hydrogen-bond donors (Lipinski definition) is 3. The first kappa shape index (κ1) is 13.8. The number of nitrogens with two attached hydrogens (primary N) is 1. The Labute approximate surface area is 102 Å². The molecule has 98 valence electrons. The van der Waals surface area contributed by atoms with Gasteiger partial charge in [0.2, 0.25) is 0 Å². The molecular weight excluding hydrogens is 245 g/mol. The highest BCUT2D eigenvalue weighted by atomic mass is 19.1. The maximum Gasteiger partial charge on any atom is 0.295 e. The fraction of sp³-hybridized carbons (Fsp3) is 0.300. The van der Waals surface area contributed by atoms with Crippen LogP contribution in [0.5, 0.6) is 0 Å². The zero-order chi connectivity index (χ0) is 13.9. The zero-order valence-electron chi connectivity index (χ0n) is 9.51. The van der Waals surface area contributed by atoms with Gasteiger partial charge in [0.15, 0.2) is 0 Å². The number of nitrogen functional groups attached to an aromatic ring is 1. The lowest BCUT2D eigenvalue weighted by atomic mass is 10.1. The van der Waals surface area contributed by atoms with Crippen LogP contribution in [0.2, 0.25) is 0 Å². The summed E-state index contributed by atoms with van der Waals surface area (Å²) < 4.78 is 13.1. The Kier molecular flexibility index (Phi) is 4.16. The van der Waals surface area contributed by atoms with Crippen LogP contribution in [0.25, 0.3) is 0 Å². The lowest BCUT2D eigenvalue weighted by Crippen LogP contribution is -2.31. The largest absolute Gasteiger partial charge is 0.393 e. The van der Waals surface area contributed by atoms with E-state index in [-0.39, 0.29) is 12.1 Å². The summed E-state index contributed by atoms with van der Waals surface area (Å²) in [6.07, 6.45) is -0.793. The van der Waals surface area contributed by atoms with E-state index >= 15 is 0 Å². The second-order valence-corrected chi connectivity index (χ2v) is 3.70. The number of hydrogen-bond acceptors (Lipinski definition) is 5. The minimum atomic E-state index is -0.932. The minimum Gasteiger partial charge on any atom is -0.393 e. The van der Waals surface area contributed by atoms with E-state index in [1.807, 2.05) is 0 Å². The summed E-state index contributed by atoms with van der Waals surface area (Å²) in [5, 5.41) is 21.9. The number of halogens is 1. The molecule has 1 aromatic rings. The van der Waals surface area contributed by atoms with E-state index in [2.05, 4.69) is 5.32 Å². The van der Waals surface area contributed by atoms with Gasteiger partial charge in [-0.1, -0.05) is 0 Å². The number of anilines is 1. The first-order chi connectivity index (χ1) is 8.32. The summed E-state index contributed by atoms with van der Waals surface area (Å²) >= 11 is 0. The van der Waals surface area contributed by atoms with Gasteiger partial charge in [0.05, 0.1) is 22.7 Å². The molecular formula is C10H12FN3O4. The number of nitro groups is 1. The molecule has 0 radical (unpaired) electrons.